The molecule has 12 nitrogen and oxygen atoms in total. The van der Waals surface area contributed by atoms with Crippen LogP contribution in [0.15, 0.2) is 45.9 Å². The van der Waals surface area contributed by atoms with Gasteiger partial charge < -0.3 is 19.0 Å². The maximum absolute atomic E-state index is 12.3. The first-order chi connectivity index (χ1) is 14.1. The van der Waals surface area contributed by atoms with Crippen molar-refractivity contribution >= 4 is 33.3 Å². The Hall–Kier alpha value is -3.45. The average molecular weight is 438 g/mol. The van der Waals surface area contributed by atoms with Gasteiger partial charge in [-0.1, -0.05) is 0 Å². The number of nitrogens with zero attached hydrogens (tertiary/aromatic N) is 3. The Balaban J connectivity index is 1.49. The number of ether oxygens (including phenoxy) is 1. The van der Waals surface area contributed by atoms with E-state index in [0.29, 0.717) is 26.2 Å². The third-order valence-corrected chi connectivity index (χ3v) is 5.23. The summed E-state index contributed by atoms with van der Waals surface area (Å²) in [4.78, 5) is 37.9. The van der Waals surface area contributed by atoms with Gasteiger partial charge in [0.2, 0.25) is 10.9 Å². The average Bonchev–Trinajstić information content (AvgIpc) is 3.23. The monoisotopic (exact) mass is 438 g/mol. The van der Waals surface area contributed by atoms with E-state index in [1.54, 1.807) is 12.1 Å². The van der Waals surface area contributed by atoms with Gasteiger partial charge in [-0.25, -0.2) is 18.4 Å². The lowest BCUT2D eigenvalue weighted by Crippen LogP contribution is -2.49. The van der Waals surface area contributed by atoms with E-state index in [9.17, 15) is 28.1 Å². The van der Waals surface area contributed by atoms with Crippen molar-refractivity contribution in [2.75, 3.05) is 37.7 Å². The molecule has 1 amide bonds. The maximum Gasteiger partial charge on any atom is 0.374 e. The molecule has 160 valence electrons. The first-order valence-electron chi connectivity index (χ1n) is 8.72. The highest BCUT2D eigenvalue weighted by atomic mass is 32.2. The molecule has 1 aromatic carbocycles. The Bertz CT molecular complexity index is 1060. The van der Waals surface area contributed by atoms with Crippen molar-refractivity contribution in [2.45, 2.75) is 5.09 Å². The molecule has 1 fully saturated rings. The highest BCUT2D eigenvalue weighted by molar-refractivity contribution is 7.89. The van der Waals surface area contributed by atoms with Crippen LogP contribution in [0.4, 0.5) is 11.4 Å². The van der Waals surface area contributed by atoms with Crippen molar-refractivity contribution in [3.63, 3.8) is 0 Å². The quantitative estimate of drug-likeness (QED) is 0.380. The number of sulfonamides is 1. The third-order valence-electron chi connectivity index (χ3n) is 4.45. The molecule has 3 rings (SSSR count). The predicted molar refractivity (Wildman–Crippen MR) is 102 cm³/mol. The van der Waals surface area contributed by atoms with E-state index in [0.717, 1.165) is 17.8 Å². The third kappa shape index (κ3) is 4.93. The number of carbonyl (C=O) groups is 2. The number of anilines is 1. The molecule has 2 N–H and O–H groups in total. The number of rotatable bonds is 6. The van der Waals surface area contributed by atoms with Gasteiger partial charge in [0.15, 0.2) is 6.61 Å². The zero-order valence-corrected chi connectivity index (χ0v) is 16.4. The zero-order chi connectivity index (χ0) is 21.9. The number of furan rings is 1. The number of hydrogen-bond donors (Lipinski definition) is 1. The first-order valence-corrected chi connectivity index (χ1v) is 10.3. The summed E-state index contributed by atoms with van der Waals surface area (Å²) in [5.74, 6) is -1.78. The number of esters is 1. The molecule has 2 aromatic rings. The van der Waals surface area contributed by atoms with E-state index in [1.807, 2.05) is 4.90 Å². The van der Waals surface area contributed by atoms with Crippen molar-refractivity contribution in [2.24, 2.45) is 5.14 Å². The normalized spacial score (nSPS) is 14.4. The minimum atomic E-state index is -4.09. The second-order valence-corrected chi connectivity index (χ2v) is 7.87. The summed E-state index contributed by atoms with van der Waals surface area (Å²) in [5, 5.41) is 15.0. The Labute approximate surface area is 171 Å². The Morgan fingerprint density at radius 2 is 1.73 bits per heavy atom. The molecule has 2 heterocycles. The van der Waals surface area contributed by atoms with Gasteiger partial charge in [0.1, 0.15) is 0 Å². The fourth-order valence-electron chi connectivity index (χ4n) is 2.87. The summed E-state index contributed by atoms with van der Waals surface area (Å²) in [6.45, 7) is 1.25. The van der Waals surface area contributed by atoms with Crippen LogP contribution in [0.1, 0.15) is 10.6 Å². The van der Waals surface area contributed by atoms with Gasteiger partial charge in [-0.05, 0) is 24.3 Å². The SMILES string of the molecule is NS(=O)(=O)c1ccc(C(=O)OCC(=O)N2CCN(c3ccc([N+](=O)[O-])cc3)CC2)o1. The number of non-ortho nitro benzene ring substituents is 1. The number of benzene rings is 1. The van der Waals surface area contributed by atoms with Gasteiger partial charge in [0.05, 0.1) is 4.92 Å². The topological polar surface area (TPSA) is 166 Å². The number of nitrogens with two attached hydrogens (primary N) is 1. The van der Waals surface area contributed by atoms with Crippen LogP contribution in [0.2, 0.25) is 0 Å². The largest absolute Gasteiger partial charge is 0.450 e. The van der Waals surface area contributed by atoms with Crippen LogP contribution in [0.5, 0.6) is 0 Å². The minimum absolute atomic E-state index is 0.00196. The van der Waals surface area contributed by atoms with Crippen LogP contribution in [-0.2, 0) is 19.6 Å². The number of primary sulfonamides is 1. The van der Waals surface area contributed by atoms with E-state index in [2.05, 4.69) is 0 Å². The van der Waals surface area contributed by atoms with Crippen LogP contribution in [0.25, 0.3) is 0 Å². The van der Waals surface area contributed by atoms with Crippen molar-refractivity contribution in [1.29, 1.82) is 0 Å². The van der Waals surface area contributed by atoms with Gasteiger partial charge in [-0.15, -0.1) is 0 Å². The smallest absolute Gasteiger partial charge is 0.374 e. The molecule has 13 heteroatoms. The minimum Gasteiger partial charge on any atom is -0.450 e. The van der Waals surface area contributed by atoms with Crippen LogP contribution in [0.3, 0.4) is 0 Å². The summed E-state index contributed by atoms with van der Waals surface area (Å²) in [6, 6.07) is 8.25. The van der Waals surface area contributed by atoms with Gasteiger partial charge in [0, 0.05) is 44.0 Å². The number of piperazine rings is 1. The van der Waals surface area contributed by atoms with Gasteiger partial charge in [-0.2, -0.15) is 0 Å². The fraction of sp³-hybridized carbons (Fsp3) is 0.294. The second-order valence-electron chi connectivity index (χ2n) is 6.38. The lowest BCUT2D eigenvalue weighted by Gasteiger charge is -2.36. The van der Waals surface area contributed by atoms with Crippen molar-refractivity contribution < 1.29 is 32.1 Å². The second kappa shape index (κ2) is 8.51. The summed E-state index contributed by atoms with van der Waals surface area (Å²) in [6.07, 6.45) is 0. The molecular weight excluding hydrogens is 420 g/mol. The summed E-state index contributed by atoms with van der Waals surface area (Å²) in [5.41, 5.74) is 0.810. The van der Waals surface area contributed by atoms with E-state index in [1.165, 1.54) is 17.0 Å². The molecule has 0 aliphatic carbocycles. The number of nitro groups is 1. The van der Waals surface area contributed by atoms with E-state index < -0.39 is 38.5 Å². The summed E-state index contributed by atoms with van der Waals surface area (Å²) < 4.78 is 32.0. The Morgan fingerprint density at radius 1 is 1.10 bits per heavy atom. The van der Waals surface area contributed by atoms with Crippen LogP contribution in [-0.4, -0.2) is 62.9 Å². The molecular formula is C17H18N4O8S. The fourth-order valence-corrected chi connectivity index (χ4v) is 3.34. The van der Waals surface area contributed by atoms with Crippen molar-refractivity contribution in [3.05, 3.63) is 52.3 Å². The maximum atomic E-state index is 12.3. The molecule has 0 radical (unpaired) electrons. The molecule has 30 heavy (non-hydrogen) atoms. The van der Waals surface area contributed by atoms with Crippen molar-refractivity contribution in [1.82, 2.24) is 4.90 Å². The molecule has 1 saturated heterocycles. The molecule has 1 aliphatic heterocycles. The van der Waals surface area contributed by atoms with E-state index in [-0.39, 0.29) is 11.4 Å². The lowest BCUT2D eigenvalue weighted by molar-refractivity contribution is -0.384. The highest BCUT2D eigenvalue weighted by Crippen LogP contribution is 2.20. The number of nitro benzene ring substituents is 1. The molecule has 1 aromatic heterocycles. The molecule has 0 saturated carbocycles. The summed E-state index contributed by atoms with van der Waals surface area (Å²) >= 11 is 0. The highest BCUT2D eigenvalue weighted by Gasteiger charge is 2.24. The number of amides is 1. The predicted octanol–water partition coefficient (Wildman–Crippen LogP) is 0.341. The van der Waals surface area contributed by atoms with Crippen LogP contribution in [0, 0.1) is 10.1 Å². The Morgan fingerprint density at radius 3 is 2.27 bits per heavy atom. The van der Waals surface area contributed by atoms with Gasteiger partial charge in [-0.3, -0.25) is 14.9 Å². The first kappa shape index (κ1) is 21.3. The number of hydrogen-bond acceptors (Lipinski definition) is 9. The molecule has 1 aliphatic rings. The van der Waals surface area contributed by atoms with E-state index >= 15 is 0 Å². The van der Waals surface area contributed by atoms with Crippen LogP contribution >= 0.6 is 0 Å². The van der Waals surface area contributed by atoms with Gasteiger partial charge >= 0.3 is 5.97 Å². The Kier molecular flexibility index (Phi) is 6.03. The van der Waals surface area contributed by atoms with Crippen LogP contribution < -0.4 is 10.0 Å². The lowest BCUT2D eigenvalue weighted by atomic mass is 10.2. The van der Waals surface area contributed by atoms with Crippen molar-refractivity contribution in [3.8, 4) is 0 Å². The molecule has 0 bridgehead atoms. The van der Waals surface area contributed by atoms with Gasteiger partial charge in [0.25, 0.3) is 21.6 Å². The van der Waals surface area contributed by atoms with E-state index in [4.69, 9.17) is 14.3 Å². The molecule has 0 atom stereocenters. The summed E-state index contributed by atoms with van der Waals surface area (Å²) in [7, 11) is -4.09. The number of carbonyl (C=O) groups excluding carboxylic acids is 2. The molecule has 0 unspecified atom stereocenters. The standard InChI is InChI=1S/C17H18N4O8S/c18-30(26,27)16-6-5-14(29-16)17(23)28-11-15(22)20-9-7-19(8-10-20)12-1-3-13(4-2-12)21(24)25/h1-6H,7-11H2,(H2,18,26,27). The molecule has 0 spiro atoms. The zero-order valence-electron chi connectivity index (χ0n) is 15.6.